The Balaban J connectivity index is 1.31. The fourth-order valence-corrected chi connectivity index (χ4v) is 6.32. The van der Waals surface area contributed by atoms with Gasteiger partial charge >= 0.3 is 12.0 Å². The van der Waals surface area contributed by atoms with Crippen LogP contribution in [0.3, 0.4) is 0 Å². The van der Waals surface area contributed by atoms with E-state index in [-0.39, 0.29) is 22.8 Å². The number of carbonyl (C=O) groups is 2. The Morgan fingerprint density at radius 3 is 2.42 bits per heavy atom. The van der Waals surface area contributed by atoms with Crippen LogP contribution in [0.2, 0.25) is 0 Å². The van der Waals surface area contributed by atoms with Crippen molar-refractivity contribution in [2.24, 2.45) is 22.7 Å². The predicted molar refractivity (Wildman–Crippen MR) is 92.9 cm³/mol. The van der Waals surface area contributed by atoms with Crippen LogP contribution >= 0.6 is 11.8 Å². The van der Waals surface area contributed by atoms with Gasteiger partial charge in [0, 0.05) is 5.54 Å². The zero-order valence-electron chi connectivity index (χ0n) is 14.0. The van der Waals surface area contributed by atoms with E-state index in [2.05, 4.69) is 15.6 Å². The number of amides is 2. The van der Waals surface area contributed by atoms with E-state index < -0.39 is 0 Å². The second kappa shape index (κ2) is 6.24. The maximum Gasteiger partial charge on any atom is 0.321 e. The van der Waals surface area contributed by atoms with Gasteiger partial charge in [-0.05, 0) is 63.2 Å². The van der Waals surface area contributed by atoms with Gasteiger partial charge in [-0.15, -0.1) is 0 Å². The van der Waals surface area contributed by atoms with Crippen LogP contribution in [0.4, 0.5) is 4.79 Å². The number of carbonyl (C=O) groups excluding carboxylic acids is 2. The van der Waals surface area contributed by atoms with E-state index in [1.165, 1.54) is 31.0 Å². The molecule has 1 unspecified atom stereocenters. The van der Waals surface area contributed by atoms with Crippen LogP contribution in [0.25, 0.3) is 0 Å². The minimum absolute atomic E-state index is 0.0107. The van der Waals surface area contributed by atoms with Crippen LogP contribution in [-0.2, 0) is 9.53 Å². The molecule has 132 valence electrons. The number of ether oxygens (including phenoxy) is 1. The molecule has 5 rings (SSSR count). The molecule has 2 amide bonds. The van der Waals surface area contributed by atoms with Crippen LogP contribution < -0.4 is 10.6 Å². The van der Waals surface area contributed by atoms with Gasteiger partial charge in [-0.25, -0.2) is 4.79 Å². The lowest BCUT2D eigenvalue weighted by Crippen LogP contribution is -2.61. The molecule has 1 heterocycles. The molecule has 24 heavy (non-hydrogen) atoms. The number of nitrogens with one attached hydrogen (secondary N) is 2. The van der Waals surface area contributed by atoms with Crippen molar-refractivity contribution >= 4 is 28.9 Å². The third-order valence-corrected chi connectivity index (χ3v) is 6.92. The van der Waals surface area contributed by atoms with Gasteiger partial charge in [0.1, 0.15) is 5.25 Å². The second-order valence-electron chi connectivity index (χ2n) is 7.78. The Labute approximate surface area is 146 Å². The van der Waals surface area contributed by atoms with Crippen molar-refractivity contribution in [3.63, 3.8) is 0 Å². The first kappa shape index (κ1) is 16.2. The fraction of sp³-hybridized carbons (Fsp3) is 0.824. The number of rotatable bonds is 3. The molecular weight excluding hydrogens is 326 g/mol. The van der Waals surface area contributed by atoms with Gasteiger partial charge in [-0.3, -0.25) is 15.1 Å². The summed E-state index contributed by atoms with van der Waals surface area (Å²) in [5.74, 6) is 2.12. The third-order valence-electron chi connectivity index (χ3n) is 5.84. The average molecular weight is 351 g/mol. The van der Waals surface area contributed by atoms with Gasteiger partial charge in [0.2, 0.25) is 0 Å². The van der Waals surface area contributed by atoms with Crippen LogP contribution in [0.1, 0.15) is 45.4 Å². The molecule has 2 N–H and O–H groups in total. The lowest BCUT2D eigenvalue weighted by atomic mass is 9.53. The molecule has 0 aromatic rings. The van der Waals surface area contributed by atoms with Crippen LogP contribution in [0.5, 0.6) is 0 Å². The molecule has 0 spiro atoms. The molecule has 0 saturated heterocycles. The van der Waals surface area contributed by atoms with E-state index in [1.807, 2.05) is 0 Å². The number of nitrogens with zero attached hydrogens (tertiary/aromatic N) is 1. The number of hydrogen-bond donors (Lipinski definition) is 2. The maximum atomic E-state index is 12.5. The molecule has 6 nitrogen and oxygen atoms in total. The van der Waals surface area contributed by atoms with Gasteiger partial charge in [0.15, 0.2) is 5.17 Å². The third kappa shape index (κ3) is 3.15. The molecule has 4 bridgehead atoms. The number of thioether (sulfide) groups is 1. The summed E-state index contributed by atoms with van der Waals surface area (Å²) in [7, 11) is 0. The minimum atomic E-state index is -0.334. The molecule has 5 aliphatic rings. The first-order valence-electron chi connectivity index (χ1n) is 9.02. The van der Waals surface area contributed by atoms with Gasteiger partial charge in [-0.2, -0.15) is 0 Å². The summed E-state index contributed by atoms with van der Waals surface area (Å²) in [6.07, 6.45) is 7.43. The van der Waals surface area contributed by atoms with E-state index in [9.17, 15) is 9.59 Å². The first-order valence-corrected chi connectivity index (χ1v) is 9.90. The van der Waals surface area contributed by atoms with Crippen molar-refractivity contribution in [2.45, 2.75) is 56.2 Å². The Hall–Kier alpha value is -1.24. The SMILES string of the molecule is CCOC(=O)C1CN=C(NC(=O)NC23CC4CC(CC(C4)C2)C3)S1. The summed E-state index contributed by atoms with van der Waals surface area (Å²) in [5.41, 5.74) is -0.0107. The smallest absolute Gasteiger partial charge is 0.321 e. The molecule has 4 saturated carbocycles. The van der Waals surface area contributed by atoms with Crippen molar-refractivity contribution in [3.05, 3.63) is 0 Å². The van der Waals surface area contributed by atoms with E-state index in [0.29, 0.717) is 18.3 Å². The quantitative estimate of drug-likeness (QED) is 0.765. The highest BCUT2D eigenvalue weighted by Gasteiger charge is 2.51. The summed E-state index contributed by atoms with van der Waals surface area (Å²) >= 11 is 1.28. The zero-order chi connectivity index (χ0) is 16.7. The molecule has 0 aromatic carbocycles. The topological polar surface area (TPSA) is 79.8 Å². The Kier molecular flexibility index (Phi) is 4.22. The van der Waals surface area contributed by atoms with E-state index in [1.54, 1.807) is 6.92 Å². The highest BCUT2D eigenvalue weighted by Crippen LogP contribution is 2.55. The first-order chi connectivity index (χ1) is 11.5. The Morgan fingerprint density at radius 1 is 1.21 bits per heavy atom. The molecule has 7 heteroatoms. The molecule has 4 aliphatic carbocycles. The minimum Gasteiger partial charge on any atom is -0.465 e. The van der Waals surface area contributed by atoms with E-state index in [0.717, 1.165) is 37.0 Å². The summed E-state index contributed by atoms with van der Waals surface area (Å²) in [5, 5.41) is 6.29. The van der Waals surface area contributed by atoms with E-state index in [4.69, 9.17) is 4.74 Å². The number of aliphatic imine (C=N–C) groups is 1. The van der Waals surface area contributed by atoms with Crippen LogP contribution in [0, 0.1) is 17.8 Å². The number of urea groups is 1. The number of esters is 1. The molecule has 1 aliphatic heterocycles. The molecule has 0 radical (unpaired) electrons. The summed E-state index contributed by atoms with van der Waals surface area (Å²) < 4.78 is 5.01. The van der Waals surface area contributed by atoms with Crippen molar-refractivity contribution in [2.75, 3.05) is 13.2 Å². The van der Waals surface area contributed by atoms with Gasteiger partial charge in [0.05, 0.1) is 13.2 Å². The normalized spacial score (nSPS) is 39.5. The monoisotopic (exact) mass is 351 g/mol. The molecular formula is C17H25N3O3S. The number of amidine groups is 1. The van der Waals surface area contributed by atoms with Crippen molar-refractivity contribution in [1.82, 2.24) is 10.6 Å². The number of hydrogen-bond acceptors (Lipinski definition) is 5. The highest BCUT2D eigenvalue weighted by molar-refractivity contribution is 8.15. The molecule has 4 fully saturated rings. The molecule has 0 aromatic heterocycles. The lowest BCUT2D eigenvalue weighted by molar-refractivity contribution is -0.142. The molecule has 1 atom stereocenters. The average Bonchev–Trinajstić information content (AvgIpc) is 2.93. The standard InChI is InChI=1S/C17H25N3O3S/c1-2-23-14(21)13-9-18-16(24-13)19-15(22)20-17-6-10-3-11(7-17)5-12(4-10)8-17/h10-13H,2-9H2,1H3,(H2,18,19,20,22). The van der Waals surface area contributed by atoms with Gasteiger partial charge in [0.25, 0.3) is 0 Å². The highest BCUT2D eigenvalue weighted by atomic mass is 32.2. The zero-order valence-corrected chi connectivity index (χ0v) is 14.9. The van der Waals surface area contributed by atoms with Gasteiger partial charge < -0.3 is 10.1 Å². The summed E-state index contributed by atoms with van der Waals surface area (Å²) in [6, 6.07) is -0.173. The fourth-order valence-electron chi connectivity index (χ4n) is 5.43. The summed E-state index contributed by atoms with van der Waals surface area (Å²) in [6.45, 7) is 2.53. The van der Waals surface area contributed by atoms with Crippen LogP contribution in [-0.4, -0.2) is 41.1 Å². The van der Waals surface area contributed by atoms with Crippen molar-refractivity contribution < 1.29 is 14.3 Å². The van der Waals surface area contributed by atoms with Crippen LogP contribution in [0.15, 0.2) is 4.99 Å². The van der Waals surface area contributed by atoms with Crippen molar-refractivity contribution in [1.29, 1.82) is 0 Å². The second-order valence-corrected chi connectivity index (χ2v) is 8.97. The summed E-state index contributed by atoms with van der Waals surface area (Å²) in [4.78, 5) is 28.4. The van der Waals surface area contributed by atoms with E-state index >= 15 is 0 Å². The Morgan fingerprint density at radius 2 is 1.83 bits per heavy atom. The van der Waals surface area contributed by atoms with Gasteiger partial charge in [-0.1, -0.05) is 11.8 Å². The lowest BCUT2D eigenvalue weighted by Gasteiger charge is -2.56. The largest absolute Gasteiger partial charge is 0.465 e. The maximum absolute atomic E-state index is 12.5. The van der Waals surface area contributed by atoms with Crippen molar-refractivity contribution in [3.8, 4) is 0 Å². The Bertz CT molecular complexity index is 542. The predicted octanol–water partition coefficient (Wildman–Crippen LogP) is 2.29.